The van der Waals surface area contributed by atoms with Crippen LogP contribution in [0.5, 0.6) is 0 Å². The van der Waals surface area contributed by atoms with Crippen molar-refractivity contribution >= 4 is 24.2 Å². The molecule has 0 amide bonds. The summed E-state index contributed by atoms with van der Waals surface area (Å²) in [6.45, 7) is 6.18. The van der Waals surface area contributed by atoms with Crippen molar-refractivity contribution in [2.75, 3.05) is 0 Å². The third-order valence-electron chi connectivity index (χ3n) is 1.62. The van der Waals surface area contributed by atoms with Gasteiger partial charge in [0, 0.05) is 6.10 Å². The van der Waals surface area contributed by atoms with Gasteiger partial charge in [-0.15, -0.1) is 17.7 Å². The molecule has 0 bridgehead atoms. The van der Waals surface area contributed by atoms with Gasteiger partial charge in [-0.25, -0.2) is 5.26 Å². The second-order valence-corrected chi connectivity index (χ2v) is 9.51. The van der Waals surface area contributed by atoms with Gasteiger partial charge in [0.15, 0.2) is 8.32 Å². The predicted molar refractivity (Wildman–Crippen MR) is 66.5 cm³/mol. The Balaban J connectivity index is 0.00000225. The minimum Gasteiger partial charge on any atom is -0.436 e. The van der Waals surface area contributed by atoms with Crippen molar-refractivity contribution in [3.8, 4) is 6.07 Å². The topological polar surface area (TPSA) is 33.0 Å². The summed E-state index contributed by atoms with van der Waals surface area (Å²) in [6, 6.07) is 9.67. The second-order valence-electron chi connectivity index (χ2n) is 4.16. The maximum Gasteiger partial charge on any atom is 1.00 e. The van der Waals surface area contributed by atoms with Gasteiger partial charge in [0.05, 0.1) is 6.07 Å². The van der Waals surface area contributed by atoms with Gasteiger partial charge in [-0.05, 0) is 24.1 Å². The number of hydrogen-bond donors (Lipinski definition) is 0. The fourth-order valence-corrected chi connectivity index (χ4v) is 2.09. The zero-order valence-corrected chi connectivity index (χ0v) is 12.6. The molecule has 0 aromatic heterocycles. The first-order valence-corrected chi connectivity index (χ1v) is 8.84. The van der Waals surface area contributed by atoms with Crippen molar-refractivity contribution in [1.82, 2.24) is 0 Å². The van der Waals surface area contributed by atoms with E-state index in [4.69, 9.17) is 9.69 Å². The maximum absolute atomic E-state index is 9.01. The third-order valence-corrected chi connectivity index (χ3v) is 2.96. The van der Waals surface area contributed by atoms with Crippen LogP contribution in [0.3, 0.4) is 0 Å². The average Bonchev–Trinajstić information content (AvgIpc) is 2.14. The van der Waals surface area contributed by atoms with E-state index < -0.39 is 8.32 Å². The van der Waals surface area contributed by atoms with Gasteiger partial charge in [0.2, 0.25) is 0 Å². The molecule has 0 aliphatic rings. The number of halogens is 1. The molecule has 0 aliphatic heterocycles. The Kier molecular flexibility index (Phi) is 6.47. The number of rotatable bonds is 3. The molecule has 1 aromatic rings. The number of nitriles is 1. The molecule has 0 heterocycles. The van der Waals surface area contributed by atoms with Gasteiger partial charge in [0.25, 0.3) is 0 Å². The van der Waals surface area contributed by atoms with Crippen molar-refractivity contribution in [3.05, 3.63) is 40.4 Å². The van der Waals surface area contributed by atoms with Crippen molar-refractivity contribution in [1.29, 1.82) is 5.26 Å². The van der Waals surface area contributed by atoms with Gasteiger partial charge in [-0.1, -0.05) is 15.9 Å². The van der Waals surface area contributed by atoms with E-state index in [2.05, 4.69) is 41.6 Å². The number of hydrogen-bond acceptors (Lipinski definition) is 2. The number of nitrogens with zero attached hydrogens (tertiary/aromatic N) is 1. The monoisotopic (exact) mass is 289 g/mol. The van der Waals surface area contributed by atoms with E-state index in [9.17, 15) is 0 Å². The van der Waals surface area contributed by atoms with Gasteiger partial charge in [-0.3, -0.25) is 0 Å². The van der Waals surface area contributed by atoms with Crippen LogP contribution in [0.2, 0.25) is 19.6 Å². The van der Waals surface area contributed by atoms with Crippen LogP contribution in [0.1, 0.15) is 5.56 Å². The Morgan fingerprint density at radius 1 is 1.25 bits per heavy atom. The Bertz CT molecular complexity index is 369. The fraction of sp³-hybridized carbons (Fsp3) is 0.273. The van der Waals surface area contributed by atoms with Gasteiger partial charge < -0.3 is 4.43 Å². The third kappa shape index (κ3) is 5.25. The SMILES string of the molecule is C[Si](C)(C)O[C-](C#N)c1ccc(Br)cc1.[Li+]. The van der Waals surface area contributed by atoms with Crippen LogP contribution < -0.4 is 18.9 Å². The summed E-state index contributed by atoms with van der Waals surface area (Å²) in [4.78, 5) is 0. The molecule has 5 heteroatoms. The molecule has 0 saturated carbocycles. The molecular weight excluding hydrogens is 277 g/mol. The van der Waals surface area contributed by atoms with Crippen LogP contribution in [0.15, 0.2) is 28.7 Å². The Morgan fingerprint density at radius 3 is 2.12 bits per heavy atom. The van der Waals surface area contributed by atoms with Crippen molar-refractivity contribution in [2.24, 2.45) is 0 Å². The fourth-order valence-electron chi connectivity index (χ4n) is 1.05. The van der Waals surface area contributed by atoms with Gasteiger partial charge in [-0.2, -0.15) is 12.1 Å². The van der Waals surface area contributed by atoms with E-state index in [1.165, 1.54) is 0 Å². The number of benzene rings is 1. The normalized spacial score (nSPS) is 10.2. The molecule has 0 unspecified atom stereocenters. The molecule has 1 rings (SSSR count). The molecule has 2 nitrogen and oxygen atoms in total. The van der Waals surface area contributed by atoms with Crippen LogP contribution >= 0.6 is 15.9 Å². The first-order valence-electron chi connectivity index (χ1n) is 4.64. The predicted octanol–water partition coefficient (Wildman–Crippen LogP) is 0.708. The zero-order chi connectivity index (χ0) is 11.5. The molecule has 0 aliphatic carbocycles. The van der Waals surface area contributed by atoms with Crippen LogP contribution in [0.25, 0.3) is 0 Å². The summed E-state index contributed by atoms with van der Waals surface area (Å²) in [6.07, 6.45) is 0.418. The van der Waals surface area contributed by atoms with Gasteiger partial charge >= 0.3 is 18.9 Å². The summed E-state index contributed by atoms with van der Waals surface area (Å²) in [5, 5.41) is 9.01. The molecule has 16 heavy (non-hydrogen) atoms. The van der Waals surface area contributed by atoms with E-state index in [1.807, 2.05) is 24.3 Å². The molecule has 0 spiro atoms. The van der Waals surface area contributed by atoms with Crippen molar-refractivity contribution in [3.63, 3.8) is 0 Å². The largest absolute Gasteiger partial charge is 1.00 e. The Labute approximate surface area is 118 Å². The summed E-state index contributed by atoms with van der Waals surface area (Å²) < 4.78 is 6.69. The van der Waals surface area contributed by atoms with E-state index in [0.29, 0.717) is 6.10 Å². The van der Waals surface area contributed by atoms with Crippen LogP contribution in [0.4, 0.5) is 0 Å². The molecule has 0 N–H and O–H groups in total. The van der Waals surface area contributed by atoms with Crippen LogP contribution in [0, 0.1) is 17.4 Å². The molecular formula is C11H13BrLiNOSi. The van der Waals surface area contributed by atoms with Crippen molar-refractivity contribution < 1.29 is 23.3 Å². The van der Waals surface area contributed by atoms with Crippen molar-refractivity contribution in [2.45, 2.75) is 19.6 Å². The summed E-state index contributed by atoms with van der Waals surface area (Å²) in [5.41, 5.74) is 0.836. The molecule has 0 atom stereocenters. The van der Waals surface area contributed by atoms with Gasteiger partial charge in [0.1, 0.15) is 0 Å². The minimum atomic E-state index is -1.71. The average molecular weight is 290 g/mol. The van der Waals surface area contributed by atoms with Crippen LogP contribution in [-0.2, 0) is 4.43 Å². The van der Waals surface area contributed by atoms with E-state index in [1.54, 1.807) is 0 Å². The molecule has 0 radical (unpaired) electrons. The summed E-state index contributed by atoms with van der Waals surface area (Å²) in [7, 11) is -1.71. The second kappa shape index (κ2) is 6.54. The molecule has 1 aromatic carbocycles. The first-order chi connectivity index (χ1) is 6.92. The molecule has 0 fully saturated rings. The minimum absolute atomic E-state index is 0. The van der Waals surface area contributed by atoms with E-state index in [-0.39, 0.29) is 18.9 Å². The maximum atomic E-state index is 9.01. The summed E-state index contributed by atoms with van der Waals surface area (Å²) in [5.74, 6) is 0. The van der Waals surface area contributed by atoms with Crippen LogP contribution in [-0.4, -0.2) is 8.32 Å². The zero-order valence-electron chi connectivity index (χ0n) is 10.0. The first kappa shape index (κ1) is 15.8. The Hall–Kier alpha value is -0.166. The smallest absolute Gasteiger partial charge is 0.436 e. The standard InChI is InChI=1S/C11H13BrNOSi.Li/c1-15(2,3)14-11(8-13)9-4-6-10(12)7-5-9;/h4-7H,1-3H3;/q-1;+1. The molecule has 80 valence electrons. The molecule has 0 saturated heterocycles. The van der Waals surface area contributed by atoms with E-state index >= 15 is 0 Å². The summed E-state index contributed by atoms with van der Waals surface area (Å²) >= 11 is 3.35. The van der Waals surface area contributed by atoms with E-state index in [0.717, 1.165) is 10.0 Å². The Morgan fingerprint density at radius 2 is 1.75 bits per heavy atom. The quantitative estimate of drug-likeness (QED) is 0.607.